The lowest BCUT2D eigenvalue weighted by Crippen LogP contribution is -2.42. The fraction of sp³-hybridized carbons (Fsp3) is 0.684. The van der Waals surface area contributed by atoms with Crippen LogP contribution in [0, 0.1) is 12.8 Å². The Balaban J connectivity index is 1.97. The number of nitrogens with zero attached hydrogens (tertiary/aromatic N) is 1. The van der Waals surface area contributed by atoms with E-state index in [-0.39, 0.29) is 0 Å². The van der Waals surface area contributed by atoms with Gasteiger partial charge in [-0.15, -0.1) is 0 Å². The molecule has 2 rings (SSSR count). The topological polar surface area (TPSA) is 15.3 Å². The summed E-state index contributed by atoms with van der Waals surface area (Å²) in [4.78, 5) is 2.55. The Bertz CT molecular complexity index is 406. The van der Waals surface area contributed by atoms with Crippen molar-refractivity contribution in [2.75, 3.05) is 20.6 Å². The second kappa shape index (κ2) is 7.95. The van der Waals surface area contributed by atoms with E-state index in [2.05, 4.69) is 62.4 Å². The number of aryl methyl sites for hydroxylation is 1. The molecule has 0 bridgehead atoms. The highest BCUT2D eigenvalue weighted by molar-refractivity contribution is 5.25. The number of likely N-dealkylation sites (N-methyl/N-ethyl adjacent to an activating group) is 2. The maximum atomic E-state index is 3.51. The van der Waals surface area contributed by atoms with Crippen LogP contribution in [0.1, 0.15) is 56.2 Å². The standard InChI is InChI=1S/C19H32N2/c1-15-10-12-18(13-11-15)19(20-3)16(2)21(4)14-17-8-6-5-7-9-17/h10-13,16-17,19-20H,5-9,14H2,1-4H3. The highest BCUT2D eigenvalue weighted by Crippen LogP contribution is 2.27. The van der Waals surface area contributed by atoms with Gasteiger partial charge in [-0.25, -0.2) is 0 Å². The fourth-order valence-corrected chi connectivity index (χ4v) is 3.66. The van der Waals surface area contributed by atoms with E-state index in [1.807, 2.05) is 0 Å². The van der Waals surface area contributed by atoms with E-state index in [0.29, 0.717) is 12.1 Å². The third-order valence-corrected chi connectivity index (χ3v) is 5.20. The molecule has 1 aromatic carbocycles. The van der Waals surface area contributed by atoms with Crippen LogP contribution < -0.4 is 5.32 Å². The number of hydrogen-bond acceptors (Lipinski definition) is 2. The Morgan fingerprint density at radius 1 is 1.14 bits per heavy atom. The molecule has 0 spiro atoms. The summed E-state index contributed by atoms with van der Waals surface area (Å²) < 4.78 is 0. The molecule has 0 amide bonds. The van der Waals surface area contributed by atoms with Gasteiger partial charge in [-0.1, -0.05) is 49.1 Å². The Morgan fingerprint density at radius 2 is 1.76 bits per heavy atom. The monoisotopic (exact) mass is 288 g/mol. The van der Waals surface area contributed by atoms with Gasteiger partial charge in [0.25, 0.3) is 0 Å². The minimum absolute atomic E-state index is 0.402. The zero-order valence-electron chi connectivity index (χ0n) is 14.2. The Kier molecular flexibility index (Phi) is 6.25. The summed E-state index contributed by atoms with van der Waals surface area (Å²) in [5, 5.41) is 3.51. The molecule has 0 saturated heterocycles. The van der Waals surface area contributed by atoms with Crippen LogP contribution >= 0.6 is 0 Å². The van der Waals surface area contributed by atoms with Crippen LogP contribution in [0.4, 0.5) is 0 Å². The van der Waals surface area contributed by atoms with Crippen molar-refractivity contribution in [3.63, 3.8) is 0 Å². The smallest absolute Gasteiger partial charge is 0.0472 e. The highest BCUT2D eigenvalue weighted by atomic mass is 15.2. The summed E-state index contributed by atoms with van der Waals surface area (Å²) in [6, 6.07) is 9.88. The first-order valence-corrected chi connectivity index (χ1v) is 8.56. The minimum Gasteiger partial charge on any atom is -0.312 e. The number of nitrogens with one attached hydrogen (secondary N) is 1. The van der Waals surface area contributed by atoms with Crippen LogP contribution in [0.5, 0.6) is 0 Å². The highest BCUT2D eigenvalue weighted by Gasteiger charge is 2.24. The van der Waals surface area contributed by atoms with E-state index in [4.69, 9.17) is 0 Å². The van der Waals surface area contributed by atoms with Crippen LogP contribution in [0.15, 0.2) is 24.3 Å². The maximum absolute atomic E-state index is 3.51. The van der Waals surface area contributed by atoms with Crippen LogP contribution in [-0.2, 0) is 0 Å². The largest absolute Gasteiger partial charge is 0.312 e. The maximum Gasteiger partial charge on any atom is 0.0472 e. The molecular formula is C19H32N2. The molecule has 1 N–H and O–H groups in total. The quantitative estimate of drug-likeness (QED) is 0.845. The predicted molar refractivity (Wildman–Crippen MR) is 91.6 cm³/mol. The summed E-state index contributed by atoms with van der Waals surface area (Å²) in [5.41, 5.74) is 2.72. The van der Waals surface area contributed by atoms with Crippen molar-refractivity contribution in [3.05, 3.63) is 35.4 Å². The van der Waals surface area contributed by atoms with Crippen LogP contribution in [-0.4, -0.2) is 31.6 Å². The molecule has 0 radical (unpaired) electrons. The first kappa shape index (κ1) is 16.5. The lowest BCUT2D eigenvalue weighted by atomic mass is 9.88. The van der Waals surface area contributed by atoms with Gasteiger partial charge in [-0.2, -0.15) is 0 Å². The summed E-state index contributed by atoms with van der Waals surface area (Å²) >= 11 is 0. The molecule has 0 aromatic heterocycles. The zero-order valence-corrected chi connectivity index (χ0v) is 14.2. The minimum atomic E-state index is 0.402. The molecule has 1 fully saturated rings. The molecule has 1 saturated carbocycles. The SMILES string of the molecule is CNC(c1ccc(C)cc1)C(C)N(C)CC1CCCCC1. The molecule has 0 heterocycles. The van der Waals surface area contributed by atoms with Gasteiger partial charge in [0.05, 0.1) is 0 Å². The van der Waals surface area contributed by atoms with E-state index in [1.165, 1.54) is 49.8 Å². The summed E-state index contributed by atoms with van der Waals surface area (Å²) in [6.45, 7) is 5.74. The molecule has 2 atom stereocenters. The molecule has 118 valence electrons. The molecule has 1 aliphatic rings. The lowest BCUT2D eigenvalue weighted by Gasteiger charge is -2.35. The second-order valence-electron chi connectivity index (χ2n) is 6.86. The van der Waals surface area contributed by atoms with Gasteiger partial charge < -0.3 is 10.2 Å². The number of rotatable bonds is 6. The molecule has 2 heteroatoms. The van der Waals surface area contributed by atoms with Gasteiger partial charge in [-0.05, 0) is 52.3 Å². The molecular weight excluding hydrogens is 256 g/mol. The Hall–Kier alpha value is -0.860. The van der Waals surface area contributed by atoms with Crippen molar-refractivity contribution in [2.45, 2.75) is 58.0 Å². The third kappa shape index (κ3) is 4.55. The van der Waals surface area contributed by atoms with Gasteiger partial charge >= 0.3 is 0 Å². The van der Waals surface area contributed by atoms with Gasteiger partial charge in [0.1, 0.15) is 0 Å². The third-order valence-electron chi connectivity index (χ3n) is 5.20. The molecule has 21 heavy (non-hydrogen) atoms. The molecule has 1 aliphatic carbocycles. The first-order chi connectivity index (χ1) is 10.1. The fourth-order valence-electron chi connectivity index (χ4n) is 3.66. The van der Waals surface area contributed by atoms with Crippen molar-refractivity contribution < 1.29 is 0 Å². The van der Waals surface area contributed by atoms with Crippen LogP contribution in [0.2, 0.25) is 0 Å². The molecule has 2 unspecified atom stereocenters. The first-order valence-electron chi connectivity index (χ1n) is 8.56. The van der Waals surface area contributed by atoms with Gasteiger partial charge in [-0.3, -0.25) is 0 Å². The summed E-state index contributed by atoms with van der Waals surface area (Å²) in [7, 11) is 4.37. The molecule has 1 aromatic rings. The van der Waals surface area contributed by atoms with E-state index in [1.54, 1.807) is 0 Å². The van der Waals surface area contributed by atoms with Crippen molar-refractivity contribution in [3.8, 4) is 0 Å². The van der Waals surface area contributed by atoms with E-state index < -0.39 is 0 Å². The number of benzene rings is 1. The van der Waals surface area contributed by atoms with Crippen molar-refractivity contribution in [1.82, 2.24) is 10.2 Å². The van der Waals surface area contributed by atoms with Crippen LogP contribution in [0.25, 0.3) is 0 Å². The Morgan fingerprint density at radius 3 is 2.33 bits per heavy atom. The molecule has 0 aliphatic heterocycles. The number of hydrogen-bond donors (Lipinski definition) is 1. The zero-order chi connectivity index (χ0) is 15.2. The summed E-state index contributed by atoms with van der Waals surface area (Å²) in [6.07, 6.45) is 7.15. The Labute approximate surface area is 130 Å². The van der Waals surface area contributed by atoms with Gasteiger partial charge in [0, 0.05) is 18.6 Å². The van der Waals surface area contributed by atoms with E-state index >= 15 is 0 Å². The average Bonchev–Trinajstić information content (AvgIpc) is 2.50. The van der Waals surface area contributed by atoms with Crippen molar-refractivity contribution in [1.29, 1.82) is 0 Å². The lowest BCUT2D eigenvalue weighted by molar-refractivity contribution is 0.164. The normalized spacial score (nSPS) is 19.7. The van der Waals surface area contributed by atoms with E-state index in [9.17, 15) is 0 Å². The van der Waals surface area contributed by atoms with Crippen molar-refractivity contribution in [2.24, 2.45) is 5.92 Å². The van der Waals surface area contributed by atoms with Crippen LogP contribution in [0.3, 0.4) is 0 Å². The van der Waals surface area contributed by atoms with Crippen molar-refractivity contribution >= 4 is 0 Å². The second-order valence-corrected chi connectivity index (χ2v) is 6.86. The average molecular weight is 288 g/mol. The predicted octanol–water partition coefficient (Wildman–Crippen LogP) is 4.16. The molecule has 2 nitrogen and oxygen atoms in total. The van der Waals surface area contributed by atoms with Gasteiger partial charge in [0.15, 0.2) is 0 Å². The van der Waals surface area contributed by atoms with Gasteiger partial charge in [0.2, 0.25) is 0 Å². The van der Waals surface area contributed by atoms with E-state index in [0.717, 1.165) is 5.92 Å². The summed E-state index contributed by atoms with van der Waals surface area (Å²) in [5.74, 6) is 0.904.